The number of ether oxygens (including phenoxy) is 2. The molecule has 1 aliphatic heterocycles. The van der Waals surface area contributed by atoms with Gasteiger partial charge in [0.2, 0.25) is 0 Å². The maximum Gasteiger partial charge on any atom is 0.191 e. The first-order chi connectivity index (χ1) is 12.1. The molecule has 0 saturated carbocycles. The molecule has 6 nitrogen and oxygen atoms in total. The summed E-state index contributed by atoms with van der Waals surface area (Å²) in [6.07, 6.45) is 2.03. The van der Waals surface area contributed by atoms with Gasteiger partial charge in [-0.3, -0.25) is 0 Å². The number of aliphatic imine (C=N–C) groups is 1. The molecule has 2 unspecified atom stereocenters. The van der Waals surface area contributed by atoms with E-state index in [0.29, 0.717) is 12.5 Å². The van der Waals surface area contributed by atoms with Crippen molar-refractivity contribution in [1.29, 1.82) is 0 Å². The molecule has 8 heteroatoms. The molecule has 3 N–H and O–H groups in total. The second-order valence-corrected chi connectivity index (χ2v) is 7.48. The van der Waals surface area contributed by atoms with Crippen LogP contribution >= 0.6 is 35.3 Å². The fourth-order valence-electron chi connectivity index (χ4n) is 2.58. The summed E-state index contributed by atoms with van der Waals surface area (Å²) >= 11 is 1.55. The fourth-order valence-corrected chi connectivity index (χ4v) is 3.36. The molecule has 1 aromatic heterocycles. The highest BCUT2D eigenvalue weighted by molar-refractivity contribution is 14.0. The molecule has 0 aliphatic carbocycles. The number of nitrogens with one attached hydrogen (secondary N) is 2. The molecule has 2 rings (SSSR count). The standard InChI is InChI=1S/C18H31N3O3S.HI/c1-3-19-17(21-14-18(2,22)16-6-4-11-25-16)20-8-5-9-23-12-15-7-10-24-13-15;/h4,6,11,15,22H,3,5,7-10,12-14H2,1-2H3,(H2,19,20,21);1H. The third-order valence-electron chi connectivity index (χ3n) is 4.08. The Morgan fingerprint density at radius 3 is 3.00 bits per heavy atom. The summed E-state index contributed by atoms with van der Waals surface area (Å²) in [7, 11) is 0. The van der Waals surface area contributed by atoms with Gasteiger partial charge in [0.25, 0.3) is 0 Å². The molecule has 2 heterocycles. The smallest absolute Gasteiger partial charge is 0.191 e. The molecule has 0 radical (unpaired) electrons. The lowest BCUT2D eigenvalue weighted by Gasteiger charge is -2.20. The maximum atomic E-state index is 10.6. The molecule has 0 bridgehead atoms. The molecule has 26 heavy (non-hydrogen) atoms. The van der Waals surface area contributed by atoms with E-state index in [1.807, 2.05) is 24.4 Å². The molecule has 1 aliphatic rings. The summed E-state index contributed by atoms with van der Waals surface area (Å²) in [6.45, 7) is 8.94. The van der Waals surface area contributed by atoms with E-state index in [9.17, 15) is 5.11 Å². The van der Waals surface area contributed by atoms with E-state index in [2.05, 4.69) is 15.6 Å². The lowest BCUT2D eigenvalue weighted by atomic mass is 10.1. The SMILES string of the molecule is CCNC(=NCC(C)(O)c1cccs1)NCCCOCC1CCOC1.I. The number of aliphatic hydroxyl groups is 1. The Bertz CT molecular complexity index is 506. The normalized spacial score (nSPS) is 19.7. The highest BCUT2D eigenvalue weighted by atomic mass is 127. The fraction of sp³-hybridized carbons (Fsp3) is 0.722. The summed E-state index contributed by atoms with van der Waals surface area (Å²) in [5.41, 5.74) is -0.941. The lowest BCUT2D eigenvalue weighted by Crippen LogP contribution is -2.39. The third-order valence-corrected chi connectivity index (χ3v) is 5.20. The largest absolute Gasteiger partial charge is 0.383 e. The summed E-state index contributed by atoms with van der Waals surface area (Å²) in [5.74, 6) is 1.29. The van der Waals surface area contributed by atoms with Crippen LogP contribution in [0.4, 0.5) is 0 Å². The zero-order chi connectivity index (χ0) is 18.0. The van der Waals surface area contributed by atoms with E-state index in [1.165, 1.54) is 0 Å². The van der Waals surface area contributed by atoms with Crippen molar-refractivity contribution in [3.63, 3.8) is 0 Å². The number of rotatable bonds is 10. The number of guanidine groups is 1. The minimum atomic E-state index is -0.941. The van der Waals surface area contributed by atoms with Crippen LogP contribution in [-0.4, -0.2) is 57.1 Å². The number of thiophene rings is 1. The number of hydrogen-bond donors (Lipinski definition) is 3. The molecular formula is C18H32IN3O3S. The first kappa shape index (κ1) is 23.6. The van der Waals surface area contributed by atoms with Gasteiger partial charge in [-0.2, -0.15) is 0 Å². The van der Waals surface area contributed by atoms with E-state index < -0.39 is 5.60 Å². The van der Waals surface area contributed by atoms with E-state index in [4.69, 9.17) is 9.47 Å². The summed E-state index contributed by atoms with van der Waals surface area (Å²) < 4.78 is 11.0. The summed E-state index contributed by atoms with van der Waals surface area (Å²) in [5, 5.41) is 19.0. The van der Waals surface area contributed by atoms with Gasteiger partial charge in [-0.25, -0.2) is 4.99 Å². The molecule has 2 atom stereocenters. The highest BCUT2D eigenvalue weighted by Gasteiger charge is 2.24. The monoisotopic (exact) mass is 497 g/mol. The van der Waals surface area contributed by atoms with Gasteiger partial charge in [-0.15, -0.1) is 35.3 Å². The van der Waals surface area contributed by atoms with E-state index >= 15 is 0 Å². The van der Waals surface area contributed by atoms with E-state index in [1.54, 1.807) is 18.3 Å². The minimum absolute atomic E-state index is 0. The third kappa shape index (κ3) is 8.51. The molecule has 1 aromatic rings. The Morgan fingerprint density at radius 1 is 1.50 bits per heavy atom. The van der Waals surface area contributed by atoms with Crippen molar-refractivity contribution < 1.29 is 14.6 Å². The first-order valence-electron chi connectivity index (χ1n) is 9.06. The van der Waals surface area contributed by atoms with Crippen molar-refractivity contribution in [2.24, 2.45) is 10.9 Å². The van der Waals surface area contributed by atoms with Crippen molar-refractivity contribution in [2.75, 3.05) is 46.1 Å². The van der Waals surface area contributed by atoms with Crippen molar-refractivity contribution in [1.82, 2.24) is 10.6 Å². The average molecular weight is 497 g/mol. The van der Waals surface area contributed by atoms with Crippen molar-refractivity contribution >= 4 is 41.3 Å². The quantitative estimate of drug-likeness (QED) is 0.201. The van der Waals surface area contributed by atoms with Gasteiger partial charge in [-0.05, 0) is 38.1 Å². The van der Waals surface area contributed by atoms with E-state index in [-0.39, 0.29) is 24.0 Å². The first-order valence-corrected chi connectivity index (χ1v) is 9.94. The molecule has 0 aromatic carbocycles. The van der Waals surface area contributed by atoms with Crippen LogP contribution in [0, 0.1) is 5.92 Å². The van der Waals surface area contributed by atoms with Gasteiger partial charge in [0.05, 0.1) is 19.8 Å². The van der Waals surface area contributed by atoms with Gasteiger partial charge >= 0.3 is 0 Å². The van der Waals surface area contributed by atoms with Crippen LogP contribution in [0.25, 0.3) is 0 Å². The summed E-state index contributed by atoms with van der Waals surface area (Å²) in [6, 6.07) is 3.88. The van der Waals surface area contributed by atoms with Crippen LogP contribution in [-0.2, 0) is 15.1 Å². The molecule has 1 fully saturated rings. The molecule has 0 amide bonds. The van der Waals surface area contributed by atoms with Crippen molar-refractivity contribution in [2.45, 2.75) is 32.3 Å². The van der Waals surface area contributed by atoms with Crippen LogP contribution < -0.4 is 10.6 Å². The Morgan fingerprint density at radius 2 is 2.35 bits per heavy atom. The van der Waals surface area contributed by atoms with Crippen LogP contribution in [0.15, 0.2) is 22.5 Å². The predicted octanol–water partition coefficient (Wildman–Crippen LogP) is 2.57. The van der Waals surface area contributed by atoms with Crippen LogP contribution in [0.2, 0.25) is 0 Å². The zero-order valence-corrected chi connectivity index (χ0v) is 18.8. The lowest BCUT2D eigenvalue weighted by molar-refractivity contribution is 0.0711. The van der Waals surface area contributed by atoms with Crippen LogP contribution in [0.1, 0.15) is 31.6 Å². The zero-order valence-electron chi connectivity index (χ0n) is 15.7. The Balaban J connectivity index is 0.00000338. The van der Waals surface area contributed by atoms with E-state index in [0.717, 1.165) is 63.2 Å². The second kappa shape index (κ2) is 12.9. The Labute approximate surface area is 177 Å². The van der Waals surface area contributed by atoms with Gasteiger partial charge in [0, 0.05) is 37.1 Å². The Kier molecular flexibility index (Phi) is 11.7. The molecule has 150 valence electrons. The number of hydrogen-bond acceptors (Lipinski definition) is 5. The number of halogens is 1. The summed E-state index contributed by atoms with van der Waals surface area (Å²) in [4.78, 5) is 5.44. The van der Waals surface area contributed by atoms with Crippen LogP contribution in [0.5, 0.6) is 0 Å². The highest BCUT2D eigenvalue weighted by Crippen LogP contribution is 2.25. The topological polar surface area (TPSA) is 75.1 Å². The molecule has 0 spiro atoms. The second-order valence-electron chi connectivity index (χ2n) is 6.53. The van der Waals surface area contributed by atoms with Crippen molar-refractivity contribution in [3.8, 4) is 0 Å². The van der Waals surface area contributed by atoms with Gasteiger partial charge in [-0.1, -0.05) is 6.07 Å². The predicted molar refractivity (Wildman–Crippen MR) is 118 cm³/mol. The number of nitrogens with zero attached hydrogens (tertiary/aromatic N) is 1. The van der Waals surface area contributed by atoms with Gasteiger partial charge in [0.1, 0.15) is 5.60 Å². The van der Waals surface area contributed by atoms with Crippen LogP contribution in [0.3, 0.4) is 0 Å². The average Bonchev–Trinajstić information content (AvgIpc) is 3.29. The molecular weight excluding hydrogens is 465 g/mol. The minimum Gasteiger partial charge on any atom is -0.383 e. The maximum absolute atomic E-state index is 10.6. The molecule has 1 saturated heterocycles. The van der Waals surface area contributed by atoms with Gasteiger partial charge in [0.15, 0.2) is 5.96 Å². The Hall–Kier alpha value is -0.420. The van der Waals surface area contributed by atoms with Crippen molar-refractivity contribution in [3.05, 3.63) is 22.4 Å². The van der Waals surface area contributed by atoms with Gasteiger partial charge < -0.3 is 25.2 Å².